The first kappa shape index (κ1) is 32.8. The van der Waals surface area contributed by atoms with Gasteiger partial charge in [0.25, 0.3) is 11.8 Å². The molecule has 0 aliphatic heterocycles. The van der Waals surface area contributed by atoms with Crippen LogP contribution >= 0.6 is 35.0 Å². The third-order valence-corrected chi connectivity index (χ3v) is 8.76. The van der Waals surface area contributed by atoms with E-state index >= 15 is 0 Å². The number of benzene rings is 4. The molecular formula is C31H26Cl2N4O5S2. The third-order valence-electron chi connectivity index (χ3n) is 6.06. The van der Waals surface area contributed by atoms with Crippen LogP contribution in [0.5, 0.6) is 0 Å². The van der Waals surface area contributed by atoms with Gasteiger partial charge >= 0.3 is 0 Å². The zero-order chi connectivity index (χ0) is 31.9. The van der Waals surface area contributed by atoms with Crippen LogP contribution in [0.2, 0.25) is 10.0 Å². The number of amides is 3. The molecule has 4 aromatic rings. The Labute approximate surface area is 268 Å². The minimum atomic E-state index is -3.83. The van der Waals surface area contributed by atoms with E-state index in [-0.39, 0.29) is 16.5 Å². The van der Waals surface area contributed by atoms with Crippen LogP contribution in [0.4, 0.5) is 11.4 Å². The van der Waals surface area contributed by atoms with Gasteiger partial charge < -0.3 is 16.0 Å². The first-order valence-corrected chi connectivity index (χ1v) is 16.1. The summed E-state index contributed by atoms with van der Waals surface area (Å²) in [4.78, 5) is 39.6. The number of halogens is 2. The molecule has 5 N–H and O–H groups in total. The number of thioether (sulfide) groups is 1. The van der Waals surface area contributed by atoms with Crippen LogP contribution in [-0.2, 0) is 19.6 Å². The second-order valence-electron chi connectivity index (χ2n) is 9.31. The lowest BCUT2D eigenvalue weighted by Gasteiger charge is -2.14. The van der Waals surface area contributed by atoms with Crippen LogP contribution in [0, 0.1) is 0 Å². The molecule has 13 heteroatoms. The van der Waals surface area contributed by atoms with Crippen molar-refractivity contribution in [2.24, 2.45) is 5.14 Å². The van der Waals surface area contributed by atoms with Crippen molar-refractivity contribution in [3.05, 3.63) is 124 Å². The normalized spacial score (nSPS) is 12.2. The Bertz CT molecular complexity index is 1800. The van der Waals surface area contributed by atoms with Gasteiger partial charge in [-0.1, -0.05) is 47.5 Å². The molecule has 4 rings (SSSR count). The Morgan fingerprint density at radius 3 is 1.95 bits per heavy atom. The van der Waals surface area contributed by atoms with Crippen molar-refractivity contribution in [2.45, 2.75) is 22.0 Å². The van der Waals surface area contributed by atoms with Crippen molar-refractivity contribution < 1.29 is 22.8 Å². The van der Waals surface area contributed by atoms with Crippen molar-refractivity contribution >= 4 is 80.2 Å². The molecule has 0 saturated carbocycles. The number of sulfonamides is 1. The van der Waals surface area contributed by atoms with Crippen LogP contribution in [0.1, 0.15) is 22.8 Å². The van der Waals surface area contributed by atoms with Gasteiger partial charge in [-0.15, -0.1) is 11.8 Å². The topological polar surface area (TPSA) is 147 Å². The molecule has 44 heavy (non-hydrogen) atoms. The molecule has 1 unspecified atom stereocenters. The van der Waals surface area contributed by atoms with Gasteiger partial charge in [-0.3, -0.25) is 14.4 Å². The summed E-state index contributed by atoms with van der Waals surface area (Å²) in [5, 5.41) is 13.3. The van der Waals surface area contributed by atoms with Crippen LogP contribution in [0.3, 0.4) is 0 Å². The fourth-order valence-electron chi connectivity index (χ4n) is 3.78. The van der Waals surface area contributed by atoms with Gasteiger partial charge in [0.1, 0.15) is 5.70 Å². The van der Waals surface area contributed by atoms with Gasteiger partial charge in [0.2, 0.25) is 15.9 Å². The Morgan fingerprint density at radius 2 is 1.36 bits per heavy atom. The number of nitrogens with two attached hydrogens (primary N) is 1. The zero-order valence-electron chi connectivity index (χ0n) is 23.1. The molecule has 1 atom stereocenters. The predicted octanol–water partition coefficient (Wildman–Crippen LogP) is 6.17. The summed E-state index contributed by atoms with van der Waals surface area (Å²) in [6, 6.07) is 25.7. The summed E-state index contributed by atoms with van der Waals surface area (Å²) in [5.41, 5.74) is 1.52. The standard InChI is InChI=1S/C31H26Cl2N4O5S2/c1-19(29(38)35-22-12-16-24(17-13-22)44(34,41)42)43-23-14-10-21(11-15-23)36-31(40)28(18-25-26(32)8-5-9-27(25)33)37-30(39)20-6-3-2-4-7-20/h2-19H,1H3,(H,35,38)(H,36,40)(H,37,39)(H2,34,41,42)/b28-18-. The molecule has 0 spiro atoms. The number of carbonyl (C=O) groups excluding carboxylic acids is 3. The van der Waals surface area contributed by atoms with Gasteiger partial charge in [-0.05, 0) is 85.8 Å². The second-order valence-corrected chi connectivity index (χ2v) is 13.1. The van der Waals surface area contributed by atoms with Gasteiger partial charge in [-0.25, -0.2) is 13.6 Å². The molecule has 3 amide bonds. The summed E-state index contributed by atoms with van der Waals surface area (Å²) >= 11 is 13.9. The summed E-state index contributed by atoms with van der Waals surface area (Å²) in [6.45, 7) is 1.72. The zero-order valence-corrected chi connectivity index (χ0v) is 26.2. The van der Waals surface area contributed by atoms with Gasteiger partial charge in [0, 0.05) is 37.4 Å². The maximum absolute atomic E-state index is 13.3. The van der Waals surface area contributed by atoms with Crippen molar-refractivity contribution in [3.8, 4) is 0 Å². The molecule has 0 aromatic heterocycles. The lowest BCUT2D eigenvalue weighted by molar-refractivity contribution is -0.115. The van der Waals surface area contributed by atoms with E-state index in [1.807, 2.05) is 0 Å². The fraction of sp³-hybridized carbons (Fsp3) is 0.0645. The second kappa shape index (κ2) is 14.6. The minimum Gasteiger partial charge on any atom is -0.325 e. The third kappa shape index (κ3) is 8.94. The van der Waals surface area contributed by atoms with Crippen LogP contribution in [-0.4, -0.2) is 31.4 Å². The summed E-state index contributed by atoms with van der Waals surface area (Å²) in [7, 11) is -3.83. The monoisotopic (exact) mass is 668 g/mol. The van der Waals surface area contributed by atoms with E-state index in [0.29, 0.717) is 32.5 Å². The number of primary sulfonamides is 1. The number of rotatable bonds is 10. The highest BCUT2D eigenvalue weighted by molar-refractivity contribution is 8.00. The number of carbonyl (C=O) groups is 3. The fourth-order valence-corrected chi connectivity index (χ4v) is 5.67. The SMILES string of the molecule is CC(Sc1ccc(NC(=O)/C(=C/c2c(Cl)cccc2Cl)NC(=O)c2ccccc2)cc1)C(=O)Nc1ccc(S(N)(=O)=O)cc1. The molecule has 0 aliphatic rings. The van der Waals surface area contributed by atoms with Gasteiger partial charge in [0.05, 0.1) is 10.1 Å². The van der Waals surface area contributed by atoms with Crippen LogP contribution in [0.15, 0.2) is 113 Å². The number of anilines is 2. The van der Waals surface area contributed by atoms with E-state index in [1.54, 1.807) is 79.7 Å². The average molecular weight is 670 g/mol. The largest absolute Gasteiger partial charge is 0.325 e. The predicted molar refractivity (Wildman–Crippen MR) is 175 cm³/mol. The summed E-state index contributed by atoms with van der Waals surface area (Å²) < 4.78 is 22.8. The smallest absolute Gasteiger partial charge is 0.272 e. The van der Waals surface area contributed by atoms with E-state index in [0.717, 1.165) is 4.90 Å². The Hall–Kier alpha value is -4.13. The Balaban J connectivity index is 1.44. The average Bonchev–Trinajstić information content (AvgIpc) is 2.99. The first-order valence-electron chi connectivity index (χ1n) is 12.9. The maximum Gasteiger partial charge on any atom is 0.272 e. The molecule has 0 aliphatic carbocycles. The number of hydrogen-bond donors (Lipinski definition) is 4. The Morgan fingerprint density at radius 1 is 0.795 bits per heavy atom. The van der Waals surface area contributed by atoms with E-state index in [9.17, 15) is 22.8 Å². The van der Waals surface area contributed by atoms with Gasteiger partial charge in [0.15, 0.2) is 0 Å². The van der Waals surface area contributed by atoms with E-state index in [4.69, 9.17) is 28.3 Å². The van der Waals surface area contributed by atoms with Crippen molar-refractivity contribution in [1.82, 2.24) is 5.32 Å². The number of hydrogen-bond acceptors (Lipinski definition) is 6. The van der Waals surface area contributed by atoms with E-state index < -0.39 is 27.1 Å². The van der Waals surface area contributed by atoms with Crippen LogP contribution < -0.4 is 21.1 Å². The Kier molecular flexibility index (Phi) is 10.8. The highest BCUT2D eigenvalue weighted by atomic mass is 35.5. The van der Waals surface area contributed by atoms with Crippen LogP contribution in [0.25, 0.3) is 6.08 Å². The van der Waals surface area contributed by atoms with Crippen molar-refractivity contribution in [2.75, 3.05) is 10.6 Å². The molecular weight excluding hydrogens is 643 g/mol. The first-order chi connectivity index (χ1) is 20.9. The molecule has 226 valence electrons. The summed E-state index contributed by atoms with van der Waals surface area (Å²) in [6.07, 6.45) is 1.41. The van der Waals surface area contributed by atoms with E-state index in [2.05, 4.69) is 16.0 Å². The molecule has 4 aromatic carbocycles. The molecule has 0 radical (unpaired) electrons. The molecule has 0 fully saturated rings. The number of nitrogens with one attached hydrogen (secondary N) is 3. The lowest BCUT2D eigenvalue weighted by atomic mass is 10.1. The molecule has 0 heterocycles. The van der Waals surface area contributed by atoms with E-state index in [1.165, 1.54) is 42.1 Å². The van der Waals surface area contributed by atoms with Gasteiger partial charge in [-0.2, -0.15) is 0 Å². The molecule has 9 nitrogen and oxygen atoms in total. The minimum absolute atomic E-state index is 0.0565. The molecule has 0 saturated heterocycles. The van der Waals surface area contributed by atoms with Crippen molar-refractivity contribution in [1.29, 1.82) is 0 Å². The highest BCUT2D eigenvalue weighted by Gasteiger charge is 2.18. The lowest BCUT2D eigenvalue weighted by Crippen LogP contribution is -2.30. The maximum atomic E-state index is 13.3. The quantitative estimate of drug-likeness (QED) is 0.117. The highest BCUT2D eigenvalue weighted by Crippen LogP contribution is 2.28. The van der Waals surface area contributed by atoms with Crippen molar-refractivity contribution in [3.63, 3.8) is 0 Å². The summed E-state index contributed by atoms with van der Waals surface area (Å²) in [5.74, 6) is -1.39. The molecule has 0 bridgehead atoms.